The Bertz CT molecular complexity index is 1230. The number of carbonyl (C=O) groups excluding carboxylic acids is 1. The summed E-state index contributed by atoms with van der Waals surface area (Å²) in [4.78, 5) is 12.3. The zero-order valence-electron chi connectivity index (χ0n) is 18.2. The van der Waals surface area contributed by atoms with Gasteiger partial charge in [-0.15, -0.1) is 0 Å². The van der Waals surface area contributed by atoms with Crippen molar-refractivity contribution in [2.75, 3.05) is 29.9 Å². The number of nitriles is 1. The third-order valence-corrected chi connectivity index (χ3v) is 6.49. The fourth-order valence-electron chi connectivity index (χ4n) is 2.86. The third-order valence-electron chi connectivity index (χ3n) is 4.69. The lowest BCUT2D eigenvalue weighted by Crippen LogP contribution is -2.26. The van der Waals surface area contributed by atoms with E-state index in [-0.39, 0.29) is 24.0 Å². The Labute approximate surface area is 193 Å². The minimum absolute atomic E-state index is 0.0496. The average Bonchev–Trinajstić information content (AvgIpc) is 2.82. The van der Waals surface area contributed by atoms with E-state index in [0.29, 0.717) is 22.9 Å². The molecule has 170 valence electrons. The monoisotopic (exact) mass is 465 g/mol. The first-order valence-corrected chi connectivity index (χ1v) is 11.4. The van der Waals surface area contributed by atoms with E-state index in [1.165, 1.54) is 11.4 Å². The van der Waals surface area contributed by atoms with Crippen LogP contribution in [0.15, 0.2) is 77.7 Å². The smallest absolute Gasteiger partial charge is 0.264 e. The summed E-state index contributed by atoms with van der Waals surface area (Å²) in [6.07, 6.45) is 0. The van der Waals surface area contributed by atoms with Crippen LogP contribution in [0.25, 0.3) is 0 Å². The molecule has 0 aliphatic heterocycles. The topological polar surface area (TPSA) is 109 Å². The van der Waals surface area contributed by atoms with Gasteiger partial charge in [0, 0.05) is 12.7 Å². The zero-order chi connectivity index (χ0) is 23.8. The molecule has 0 aliphatic rings. The Hall–Kier alpha value is -4.03. The number of nitrogens with one attached hydrogen (secondary N) is 1. The van der Waals surface area contributed by atoms with Crippen molar-refractivity contribution in [2.24, 2.45) is 0 Å². The summed E-state index contributed by atoms with van der Waals surface area (Å²) in [6.45, 7) is 1.62. The number of ether oxygens (including phenoxy) is 2. The zero-order valence-corrected chi connectivity index (χ0v) is 19.0. The number of hydrogen-bond acceptors (Lipinski definition) is 6. The number of carbonyl (C=O) groups is 1. The Morgan fingerprint density at radius 1 is 0.939 bits per heavy atom. The molecule has 9 heteroatoms. The Kier molecular flexibility index (Phi) is 7.53. The molecule has 0 saturated heterocycles. The highest BCUT2D eigenvalue weighted by Gasteiger charge is 2.21. The quantitative estimate of drug-likeness (QED) is 0.516. The number of benzene rings is 3. The van der Waals surface area contributed by atoms with Crippen LogP contribution >= 0.6 is 0 Å². The van der Waals surface area contributed by atoms with E-state index in [2.05, 4.69) is 5.32 Å². The van der Waals surface area contributed by atoms with Gasteiger partial charge in [-0.1, -0.05) is 17.7 Å². The van der Waals surface area contributed by atoms with E-state index >= 15 is 0 Å². The first-order valence-electron chi connectivity index (χ1n) is 9.98. The summed E-state index contributed by atoms with van der Waals surface area (Å²) in [5.74, 6) is 0.597. The summed E-state index contributed by atoms with van der Waals surface area (Å²) < 4.78 is 37.5. The van der Waals surface area contributed by atoms with Crippen molar-refractivity contribution >= 4 is 27.3 Å². The van der Waals surface area contributed by atoms with Crippen molar-refractivity contribution < 1.29 is 22.7 Å². The van der Waals surface area contributed by atoms with Crippen molar-refractivity contribution in [3.05, 3.63) is 78.4 Å². The second-order valence-electron chi connectivity index (χ2n) is 7.09. The minimum atomic E-state index is -3.69. The van der Waals surface area contributed by atoms with Crippen LogP contribution in [0.3, 0.4) is 0 Å². The molecular formula is C24H23N3O5S. The first-order chi connectivity index (χ1) is 15.8. The number of rotatable bonds is 9. The molecule has 0 heterocycles. The van der Waals surface area contributed by atoms with Crippen molar-refractivity contribution in [2.45, 2.75) is 11.8 Å². The normalized spacial score (nSPS) is 10.7. The van der Waals surface area contributed by atoms with Crippen LogP contribution in [0.4, 0.5) is 11.4 Å². The van der Waals surface area contributed by atoms with Crippen LogP contribution in [0.5, 0.6) is 11.5 Å². The Morgan fingerprint density at radius 3 is 2.12 bits per heavy atom. The van der Waals surface area contributed by atoms with Gasteiger partial charge >= 0.3 is 0 Å². The van der Waals surface area contributed by atoms with Crippen LogP contribution in [-0.2, 0) is 14.8 Å². The molecule has 3 aromatic rings. The van der Waals surface area contributed by atoms with E-state index in [0.717, 1.165) is 5.56 Å². The Morgan fingerprint density at radius 2 is 1.52 bits per heavy atom. The number of hydrogen-bond donors (Lipinski definition) is 1. The van der Waals surface area contributed by atoms with Crippen molar-refractivity contribution in [3.8, 4) is 17.6 Å². The number of anilines is 2. The van der Waals surface area contributed by atoms with Crippen LogP contribution in [0.2, 0.25) is 0 Å². The fraction of sp³-hybridized carbons (Fsp3) is 0.167. The van der Waals surface area contributed by atoms with Gasteiger partial charge in [0.05, 0.1) is 10.6 Å². The van der Waals surface area contributed by atoms with Crippen molar-refractivity contribution in [1.82, 2.24) is 0 Å². The molecule has 0 atom stereocenters. The van der Waals surface area contributed by atoms with Gasteiger partial charge in [0.2, 0.25) is 0 Å². The van der Waals surface area contributed by atoms with Gasteiger partial charge in [-0.3, -0.25) is 9.10 Å². The predicted molar refractivity (Wildman–Crippen MR) is 125 cm³/mol. The van der Waals surface area contributed by atoms with E-state index in [1.54, 1.807) is 72.8 Å². The van der Waals surface area contributed by atoms with E-state index in [9.17, 15) is 13.2 Å². The van der Waals surface area contributed by atoms with Gasteiger partial charge in [-0.25, -0.2) is 8.42 Å². The maximum absolute atomic E-state index is 12.8. The minimum Gasteiger partial charge on any atom is -0.484 e. The maximum Gasteiger partial charge on any atom is 0.264 e. The largest absolute Gasteiger partial charge is 0.484 e. The lowest BCUT2D eigenvalue weighted by Gasteiger charge is -2.20. The number of aryl methyl sites for hydroxylation is 1. The summed E-state index contributed by atoms with van der Waals surface area (Å²) in [5.41, 5.74) is 2.00. The number of sulfonamides is 1. The van der Waals surface area contributed by atoms with E-state index in [1.807, 2.05) is 13.0 Å². The van der Waals surface area contributed by atoms with Gasteiger partial charge in [0.25, 0.3) is 15.9 Å². The van der Waals surface area contributed by atoms with Gasteiger partial charge in [-0.05, 0) is 67.6 Å². The van der Waals surface area contributed by atoms with E-state index < -0.39 is 10.0 Å². The van der Waals surface area contributed by atoms with Crippen LogP contribution in [-0.4, -0.2) is 34.6 Å². The molecule has 3 aromatic carbocycles. The molecule has 1 N–H and O–H groups in total. The number of nitrogens with zero attached hydrogens (tertiary/aromatic N) is 2. The van der Waals surface area contributed by atoms with Crippen molar-refractivity contribution in [3.63, 3.8) is 0 Å². The van der Waals surface area contributed by atoms with E-state index in [4.69, 9.17) is 14.7 Å². The van der Waals surface area contributed by atoms with Gasteiger partial charge in [0.1, 0.15) is 17.6 Å². The standard InChI is InChI=1S/C24H23N3O5S/c1-18-3-13-23(14-4-18)33(29,30)27(2)20-7-11-22(12-8-20)32-17-24(28)26-19-5-9-21(10-6-19)31-16-15-25/h3-14H,16-17H2,1-2H3,(H,26,28). The third kappa shape index (κ3) is 6.24. The van der Waals surface area contributed by atoms with Gasteiger partial charge in [0.15, 0.2) is 13.2 Å². The fourth-order valence-corrected chi connectivity index (χ4v) is 4.05. The highest BCUT2D eigenvalue weighted by Crippen LogP contribution is 2.24. The molecule has 0 fully saturated rings. The molecule has 0 unspecified atom stereocenters. The molecule has 33 heavy (non-hydrogen) atoms. The highest BCUT2D eigenvalue weighted by atomic mass is 32.2. The summed E-state index contributed by atoms with van der Waals surface area (Å²) in [5, 5.41) is 11.2. The van der Waals surface area contributed by atoms with Gasteiger partial charge < -0.3 is 14.8 Å². The SMILES string of the molecule is Cc1ccc(S(=O)(=O)N(C)c2ccc(OCC(=O)Nc3ccc(OCC#N)cc3)cc2)cc1. The lowest BCUT2D eigenvalue weighted by atomic mass is 10.2. The molecule has 8 nitrogen and oxygen atoms in total. The number of amides is 1. The molecule has 0 bridgehead atoms. The second kappa shape index (κ2) is 10.5. The molecule has 0 saturated carbocycles. The summed E-state index contributed by atoms with van der Waals surface area (Å²) in [7, 11) is -2.21. The lowest BCUT2D eigenvalue weighted by molar-refractivity contribution is -0.118. The predicted octanol–water partition coefficient (Wildman–Crippen LogP) is 3.74. The van der Waals surface area contributed by atoms with Crippen LogP contribution in [0, 0.1) is 18.3 Å². The average molecular weight is 466 g/mol. The molecule has 3 rings (SSSR count). The molecule has 0 aliphatic carbocycles. The van der Waals surface area contributed by atoms with Crippen LogP contribution in [0.1, 0.15) is 5.56 Å². The molecular weight excluding hydrogens is 442 g/mol. The maximum atomic E-state index is 12.8. The van der Waals surface area contributed by atoms with Crippen molar-refractivity contribution in [1.29, 1.82) is 5.26 Å². The summed E-state index contributed by atoms with van der Waals surface area (Å²) in [6, 6.07) is 21.6. The molecule has 0 aromatic heterocycles. The summed E-state index contributed by atoms with van der Waals surface area (Å²) >= 11 is 0. The van der Waals surface area contributed by atoms with Gasteiger partial charge in [-0.2, -0.15) is 5.26 Å². The first kappa shape index (κ1) is 23.6. The molecule has 0 radical (unpaired) electrons. The second-order valence-corrected chi connectivity index (χ2v) is 9.06. The molecule has 1 amide bonds. The highest BCUT2D eigenvalue weighted by molar-refractivity contribution is 7.92. The van der Waals surface area contributed by atoms with Crippen LogP contribution < -0.4 is 19.1 Å². The molecule has 0 spiro atoms. The Balaban J connectivity index is 1.55.